The third kappa shape index (κ3) is 3.09. The fourth-order valence-corrected chi connectivity index (χ4v) is 4.78. The van der Waals surface area contributed by atoms with E-state index in [9.17, 15) is 0 Å². The largest absolute Gasteiger partial charge is 0.454 e. The predicted molar refractivity (Wildman–Crippen MR) is 112 cm³/mol. The first-order chi connectivity index (χ1) is 13.8. The molecular formula is C25H27NO2. The molecule has 1 aromatic heterocycles. The second-order valence-corrected chi connectivity index (χ2v) is 7.94. The molecule has 144 valence electrons. The Morgan fingerprint density at radius 3 is 2.50 bits per heavy atom. The number of aromatic nitrogens is 1. The lowest BCUT2D eigenvalue weighted by atomic mass is 9.92. The minimum Gasteiger partial charge on any atom is -0.454 e. The van der Waals surface area contributed by atoms with Crippen molar-refractivity contribution in [2.75, 3.05) is 6.79 Å². The summed E-state index contributed by atoms with van der Waals surface area (Å²) in [6.45, 7) is 3.55. The van der Waals surface area contributed by atoms with Crippen LogP contribution in [0.15, 0.2) is 48.5 Å². The van der Waals surface area contributed by atoms with Crippen molar-refractivity contribution in [3.8, 4) is 22.6 Å². The Hall–Kier alpha value is -2.68. The average molecular weight is 373 g/mol. The second-order valence-electron chi connectivity index (χ2n) is 7.94. The fourth-order valence-electron chi connectivity index (χ4n) is 4.78. The molecule has 0 N–H and O–H groups in total. The average Bonchev–Trinajstić information content (AvgIpc) is 3.26. The summed E-state index contributed by atoms with van der Waals surface area (Å²) in [4.78, 5) is 0. The van der Waals surface area contributed by atoms with Crippen molar-refractivity contribution in [3.05, 3.63) is 71.0 Å². The maximum Gasteiger partial charge on any atom is 0.231 e. The lowest BCUT2D eigenvalue weighted by Gasteiger charge is -2.15. The summed E-state index contributed by atoms with van der Waals surface area (Å²) >= 11 is 0. The molecule has 3 nitrogen and oxygen atoms in total. The van der Waals surface area contributed by atoms with E-state index in [4.69, 9.17) is 9.47 Å². The van der Waals surface area contributed by atoms with Crippen molar-refractivity contribution >= 4 is 0 Å². The van der Waals surface area contributed by atoms with Crippen molar-refractivity contribution < 1.29 is 9.47 Å². The molecular weight excluding hydrogens is 346 g/mol. The zero-order valence-electron chi connectivity index (χ0n) is 16.5. The van der Waals surface area contributed by atoms with Crippen LogP contribution < -0.4 is 9.47 Å². The number of rotatable bonds is 3. The van der Waals surface area contributed by atoms with Crippen LogP contribution in [0.5, 0.6) is 11.5 Å². The molecule has 5 rings (SSSR count). The zero-order valence-corrected chi connectivity index (χ0v) is 16.5. The smallest absolute Gasteiger partial charge is 0.231 e. The molecule has 1 aliphatic heterocycles. The molecule has 3 heteroatoms. The SMILES string of the molecule is Cc1c(-c2ccc3c(c2)OCO3)c2c(n1Cc1ccccc1)CCCCCC2. The van der Waals surface area contributed by atoms with Gasteiger partial charge in [0, 0.05) is 23.5 Å². The minimum absolute atomic E-state index is 0.324. The number of fused-ring (bicyclic) bond motifs is 2. The minimum atomic E-state index is 0.324. The first kappa shape index (κ1) is 17.4. The Kier molecular flexibility index (Phi) is 4.59. The van der Waals surface area contributed by atoms with E-state index >= 15 is 0 Å². The van der Waals surface area contributed by atoms with Gasteiger partial charge < -0.3 is 14.0 Å². The number of hydrogen-bond donors (Lipinski definition) is 0. The summed E-state index contributed by atoms with van der Waals surface area (Å²) in [5.74, 6) is 1.72. The monoisotopic (exact) mass is 373 g/mol. The van der Waals surface area contributed by atoms with Gasteiger partial charge in [-0.2, -0.15) is 0 Å². The molecule has 0 atom stereocenters. The molecule has 2 heterocycles. The highest BCUT2D eigenvalue weighted by Crippen LogP contribution is 2.41. The second kappa shape index (κ2) is 7.38. The molecule has 28 heavy (non-hydrogen) atoms. The molecule has 0 fully saturated rings. The third-order valence-corrected chi connectivity index (χ3v) is 6.18. The van der Waals surface area contributed by atoms with Gasteiger partial charge in [-0.1, -0.05) is 49.2 Å². The van der Waals surface area contributed by atoms with Crippen LogP contribution in [0, 0.1) is 6.92 Å². The lowest BCUT2D eigenvalue weighted by Crippen LogP contribution is -2.08. The van der Waals surface area contributed by atoms with E-state index in [1.165, 1.54) is 66.6 Å². The van der Waals surface area contributed by atoms with Crippen molar-refractivity contribution in [3.63, 3.8) is 0 Å². The first-order valence-corrected chi connectivity index (χ1v) is 10.5. The predicted octanol–water partition coefficient (Wildman–Crippen LogP) is 5.90. The molecule has 0 bridgehead atoms. The molecule has 0 saturated carbocycles. The van der Waals surface area contributed by atoms with Crippen LogP contribution in [0.25, 0.3) is 11.1 Å². The first-order valence-electron chi connectivity index (χ1n) is 10.5. The summed E-state index contributed by atoms with van der Waals surface area (Å²) < 4.78 is 13.8. The van der Waals surface area contributed by atoms with Crippen LogP contribution in [0.3, 0.4) is 0 Å². The van der Waals surface area contributed by atoms with E-state index in [1.54, 1.807) is 5.56 Å². The van der Waals surface area contributed by atoms with Crippen molar-refractivity contribution in [1.82, 2.24) is 4.57 Å². The standard InChI is InChI=1S/C25H27NO2/c1-18-25(20-13-14-23-24(15-20)28-17-27-23)21-11-7-2-3-8-12-22(21)26(18)16-19-9-5-4-6-10-19/h4-6,9-10,13-15H,2-3,7-8,11-12,16-17H2,1H3. The quantitative estimate of drug-likeness (QED) is 0.571. The van der Waals surface area contributed by atoms with Gasteiger partial charge in [-0.3, -0.25) is 0 Å². The van der Waals surface area contributed by atoms with E-state index < -0.39 is 0 Å². The molecule has 0 saturated heterocycles. The van der Waals surface area contributed by atoms with Crippen LogP contribution >= 0.6 is 0 Å². The van der Waals surface area contributed by atoms with Crippen molar-refractivity contribution in [2.45, 2.75) is 52.0 Å². The Morgan fingerprint density at radius 2 is 1.64 bits per heavy atom. The molecule has 2 aliphatic rings. The van der Waals surface area contributed by atoms with Gasteiger partial charge in [-0.05, 0) is 61.4 Å². The summed E-state index contributed by atoms with van der Waals surface area (Å²) in [5.41, 5.74) is 8.48. The van der Waals surface area contributed by atoms with Gasteiger partial charge in [0.15, 0.2) is 11.5 Å². The molecule has 1 aliphatic carbocycles. The van der Waals surface area contributed by atoms with Crippen LogP contribution in [0.2, 0.25) is 0 Å². The summed E-state index contributed by atoms with van der Waals surface area (Å²) in [6, 6.07) is 17.2. The van der Waals surface area contributed by atoms with Crippen LogP contribution in [0.4, 0.5) is 0 Å². The maximum atomic E-state index is 5.66. The number of nitrogens with zero attached hydrogens (tertiary/aromatic N) is 1. The van der Waals surface area contributed by atoms with E-state index in [1.807, 2.05) is 0 Å². The molecule has 2 aromatic carbocycles. The Balaban J connectivity index is 1.64. The molecule has 3 aromatic rings. The Morgan fingerprint density at radius 1 is 0.857 bits per heavy atom. The van der Waals surface area contributed by atoms with E-state index in [-0.39, 0.29) is 0 Å². The normalized spacial score (nSPS) is 15.8. The fraction of sp³-hybridized carbons (Fsp3) is 0.360. The van der Waals surface area contributed by atoms with Gasteiger partial charge in [0.2, 0.25) is 6.79 Å². The van der Waals surface area contributed by atoms with Crippen LogP contribution in [0.1, 0.15) is 48.2 Å². The molecule has 0 amide bonds. The number of hydrogen-bond acceptors (Lipinski definition) is 2. The van der Waals surface area contributed by atoms with E-state index in [2.05, 4.69) is 60.0 Å². The van der Waals surface area contributed by atoms with Gasteiger partial charge in [-0.25, -0.2) is 0 Å². The van der Waals surface area contributed by atoms with Gasteiger partial charge in [0.1, 0.15) is 0 Å². The van der Waals surface area contributed by atoms with Gasteiger partial charge in [0.05, 0.1) is 0 Å². The van der Waals surface area contributed by atoms with Gasteiger partial charge in [-0.15, -0.1) is 0 Å². The van der Waals surface area contributed by atoms with Crippen LogP contribution in [-0.4, -0.2) is 11.4 Å². The van der Waals surface area contributed by atoms with E-state index in [0.717, 1.165) is 18.0 Å². The van der Waals surface area contributed by atoms with Gasteiger partial charge >= 0.3 is 0 Å². The van der Waals surface area contributed by atoms with Crippen molar-refractivity contribution in [1.29, 1.82) is 0 Å². The Bertz CT molecular complexity index is 988. The van der Waals surface area contributed by atoms with Gasteiger partial charge in [0.25, 0.3) is 0 Å². The third-order valence-electron chi connectivity index (χ3n) is 6.18. The lowest BCUT2D eigenvalue weighted by molar-refractivity contribution is 0.174. The zero-order chi connectivity index (χ0) is 18.9. The molecule has 0 radical (unpaired) electrons. The Labute approximate surface area is 166 Å². The molecule has 0 spiro atoms. The number of benzene rings is 2. The van der Waals surface area contributed by atoms with E-state index in [0.29, 0.717) is 6.79 Å². The highest BCUT2D eigenvalue weighted by atomic mass is 16.7. The highest BCUT2D eigenvalue weighted by Gasteiger charge is 2.24. The topological polar surface area (TPSA) is 23.4 Å². The molecule has 0 unspecified atom stereocenters. The number of ether oxygens (including phenoxy) is 2. The van der Waals surface area contributed by atoms with Crippen molar-refractivity contribution in [2.24, 2.45) is 0 Å². The summed E-state index contributed by atoms with van der Waals surface area (Å²) in [7, 11) is 0. The summed E-state index contributed by atoms with van der Waals surface area (Å²) in [5, 5.41) is 0. The maximum absolute atomic E-state index is 5.66. The highest BCUT2D eigenvalue weighted by molar-refractivity contribution is 5.74. The van der Waals surface area contributed by atoms with Crippen LogP contribution in [-0.2, 0) is 19.4 Å². The summed E-state index contributed by atoms with van der Waals surface area (Å²) in [6.07, 6.45) is 7.58.